The monoisotopic (exact) mass is 310 g/mol. The van der Waals surface area contributed by atoms with Crippen molar-refractivity contribution in [3.63, 3.8) is 0 Å². The second-order valence-corrected chi connectivity index (χ2v) is 6.24. The Kier molecular flexibility index (Phi) is 2.98. The van der Waals surface area contributed by atoms with E-state index in [1.807, 2.05) is 36.2 Å². The molecule has 1 fully saturated rings. The molecule has 0 atom stereocenters. The summed E-state index contributed by atoms with van der Waals surface area (Å²) in [6.07, 6.45) is 1.81. The third kappa shape index (κ3) is 2.14. The maximum absolute atomic E-state index is 5.98. The van der Waals surface area contributed by atoms with Gasteiger partial charge in [-0.3, -0.25) is 4.98 Å². The Morgan fingerprint density at radius 1 is 1.41 bits per heavy atom. The maximum atomic E-state index is 5.98. The van der Waals surface area contributed by atoms with Crippen molar-refractivity contribution in [1.82, 2.24) is 4.98 Å². The zero-order valence-corrected chi connectivity index (χ0v) is 11.4. The Hall–Kier alpha value is -0.780. The number of fused-ring (bicyclic) bond motifs is 1. The van der Waals surface area contributed by atoms with E-state index in [1.165, 1.54) is 4.90 Å². The summed E-state index contributed by atoms with van der Waals surface area (Å²) >= 11 is 5.24. The number of hydrogen-bond donors (Lipinski definition) is 1. The van der Waals surface area contributed by atoms with Crippen molar-refractivity contribution in [1.29, 1.82) is 0 Å². The van der Waals surface area contributed by atoms with E-state index in [-0.39, 0.29) is 0 Å². The molecule has 1 saturated heterocycles. The van der Waals surface area contributed by atoms with Gasteiger partial charge in [-0.1, -0.05) is 0 Å². The summed E-state index contributed by atoms with van der Waals surface area (Å²) in [6.45, 7) is 1.65. The predicted octanol–water partition coefficient (Wildman–Crippen LogP) is 3.07. The number of anilines is 1. The topological polar surface area (TPSA) is 48.1 Å². The zero-order chi connectivity index (χ0) is 11.8. The summed E-state index contributed by atoms with van der Waals surface area (Å²) < 4.78 is 6.14. The van der Waals surface area contributed by atoms with Crippen LogP contribution in [-0.4, -0.2) is 23.4 Å². The van der Waals surface area contributed by atoms with Crippen LogP contribution in [0.4, 0.5) is 5.69 Å². The van der Waals surface area contributed by atoms with E-state index in [9.17, 15) is 0 Å². The standard InChI is InChI=1S/C12H11BrN2OS/c13-7-3-9-10(14)1-2-11(12(9)15-4-7)17-8-5-16-6-8/h1-4,8H,5-6,14H2. The highest BCUT2D eigenvalue weighted by molar-refractivity contribution is 9.10. The minimum Gasteiger partial charge on any atom is -0.398 e. The van der Waals surface area contributed by atoms with Crippen molar-refractivity contribution in [3.05, 3.63) is 28.9 Å². The summed E-state index contributed by atoms with van der Waals surface area (Å²) in [5.74, 6) is 0. The molecule has 3 nitrogen and oxygen atoms in total. The van der Waals surface area contributed by atoms with Gasteiger partial charge in [0.25, 0.3) is 0 Å². The molecule has 3 rings (SSSR count). The fourth-order valence-corrected chi connectivity index (χ4v) is 3.19. The predicted molar refractivity (Wildman–Crippen MR) is 74.3 cm³/mol. The van der Waals surface area contributed by atoms with Gasteiger partial charge in [-0.2, -0.15) is 0 Å². The minimum absolute atomic E-state index is 0.548. The molecule has 1 aliphatic rings. The highest BCUT2D eigenvalue weighted by Crippen LogP contribution is 2.35. The lowest BCUT2D eigenvalue weighted by atomic mass is 10.2. The molecule has 0 amide bonds. The van der Waals surface area contributed by atoms with E-state index < -0.39 is 0 Å². The first-order valence-corrected chi connectivity index (χ1v) is 6.99. The van der Waals surface area contributed by atoms with Crippen LogP contribution in [0, 0.1) is 0 Å². The average molecular weight is 311 g/mol. The van der Waals surface area contributed by atoms with Crippen molar-refractivity contribution in [2.24, 2.45) is 0 Å². The zero-order valence-electron chi connectivity index (χ0n) is 9.02. The molecule has 5 heteroatoms. The van der Waals surface area contributed by atoms with E-state index in [4.69, 9.17) is 10.5 Å². The molecule has 0 aliphatic carbocycles. The lowest BCUT2D eigenvalue weighted by molar-refractivity contribution is 0.0455. The summed E-state index contributed by atoms with van der Waals surface area (Å²) in [6, 6.07) is 6.00. The molecule has 0 unspecified atom stereocenters. The van der Waals surface area contributed by atoms with E-state index >= 15 is 0 Å². The summed E-state index contributed by atoms with van der Waals surface area (Å²) in [7, 11) is 0. The molecule has 0 radical (unpaired) electrons. The Bertz CT molecular complexity index is 572. The van der Waals surface area contributed by atoms with Gasteiger partial charge >= 0.3 is 0 Å². The van der Waals surface area contributed by atoms with Crippen molar-refractivity contribution < 1.29 is 4.74 Å². The number of halogens is 1. The van der Waals surface area contributed by atoms with Gasteiger partial charge in [0.2, 0.25) is 0 Å². The van der Waals surface area contributed by atoms with E-state index in [0.29, 0.717) is 5.25 Å². The molecule has 2 heterocycles. The Labute approximate surface area is 112 Å². The number of hydrogen-bond acceptors (Lipinski definition) is 4. The largest absolute Gasteiger partial charge is 0.398 e. The molecule has 17 heavy (non-hydrogen) atoms. The fraction of sp³-hybridized carbons (Fsp3) is 0.250. The molecular formula is C12H11BrN2OS. The Balaban J connectivity index is 2.08. The highest BCUT2D eigenvalue weighted by atomic mass is 79.9. The third-order valence-corrected chi connectivity index (χ3v) is 4.34. The lowest BCUT2D eigenvalue weighted by Crippen LogP contribution is -2.30. The van der Waals surface area contributed by atoms with Crippen molar-refractivity contribution in [3.8, 4) is 0 Å². The first-order chi connectivity index (χ1) is 8.24. The van der Waals surface area contributed by atoms with Crippen molar-refractivity contribution >= 4 is 44.3 Å². The Morgan fingerprint density at radius 2 is 2.24 bits per heavy atom. The normalized spacial score (nSPS) is 16.1. The quantitative estimate of drug-likeness (QED) is 0.866. The van der Waals surface area contributed by atoms with E-state index in [1.54, 1.807) is 0 Å². The molecule has 1 aromatic heterocycles. The van der Waals surface area contributed by atoms with Gasteiger partial charge in [0.1, 0.15) is 0 Å². The molecular weight excluding hydrogens is 300 g/mol. The number of nitrogens with zero attached hydrogens (tertiary/aromatic N) is 1. The molecule has 1 aliphatic heterocycles. The van der Waals surface area contributed by atoms with Crippen LogP contribution in [-0.2, 0) is 4.74 Å². The van der Waals surface area contributed by atoms with Crippen molar-refractivity contribution in [2.75, 3.05) is 18.9 Å². The fourth-order valence-electron chi connectivity index (χ4n) is 1.75. The first-order valence-electron chi connectivity index (χ1n) is 5.32. The number of aromatic nitrogens is 1. The smallest absolute Gasteiger partial charge is 0.0859 e. The second-order valence-electron chi connectivity index (χ2n) is 3.98. The first kappa shape index (κ1) is 11.3. The molecule has 2 aromatic rings. The van der Waals surface area contributed by atoms with Crippen LogP contribution in [0.3, 0.4) is 0 Å². The Morgan fingerprint density at radius 3 is 2.94 bits per heavy atom. The third-order valence-electron chi connectivity index (χ3n) is 2.71. The second kappa shape index (κ2) is 4.48. The average Bonchev–Trinajstić information content (AvgIpc) is 2.26. The highest BCUT2D eigenvalue weighted by Gasteiger charge is 2.21. The van der Waals surface area contributed by atoms with Crippen molar-refractivity contribution in [2.45, 2.75) is 10.1 Å². The summed E-state index contributed by atoms with van der Waals surface area (Å²) in [4.78, 5) is 5.64. The minimum atomic E-state index is 0.548. The number of pyridine rings is 1. The number of rotatable bonds is 2. The van der Waals surface area contributed by atoms with Gasteiger partial charge in [-0.25, -0.2) is 0 Å². The molecule has 1 aromatic carbocycles. The van der Waals surface area contributed by atoms with Crippen LogP contribution in [0.25, 0.3) is 10.9 Å². The van der Waals surface area contributed by atoms with Gasteiger partial charge in [0.15, 0.2) is 0 Å². The van der Waals surface area contributed by atoms with Gasteiger partial charge in [0.05, 0.1) is 24.0 Å². The maximum Gasteiger partial charge on any atom is 0.0859 e. The molecule has 0 spiro atoms. The number of thioether (sulfide) groups is 1. The van der Waals surface area contributed by atoms with Crippen LogP contribution in [0.15, 0.2) is 33.8 Å². The van der Waals surface area contributed by atoms with Crippen LogP contribution in [0.5, 0.6) is 0 Å². The van der Waals surface area contributed by atoms with Crippen LogP contribution < -0.4 is 5.73 Å². The number of nitrogen functional groups attached to an aromatic ring is 1. The molecule has 2 N–H and O–H groups in total. The van der Waals surface area contributed by atoms with Gasteiger partial charge in [-0.05, 0) is 34.1 Å². The van der Waals surface area contributed by atoms with Crippen LogP contribution in [0.1, 0.15) is 0 Å². The SMILES string of the molecule is Nc1ccc(SC2COC2)c2ncc(Br)cc12. The summed E-state index contributed by atoms with van der Waals surface area (Å²) in [5, 5.41) is 1.55. The van der Waals surface area contributed by atoms with E-state index in [2.05, 4.69) is 20.9 Å². The van der Waals surface area contributed by atoms with E-state index in [0.717, 1.165) is 34.3 Å². The van der Waals surface area contributed by atoms with Gasteiger partial charge in [-0.15, -0.1) is 11.8 Å². The summed E-state index contributed by atoms with van der Waals surface area (Å²) in [5.41, 5.74) is 7.72. The lowest BCUT2D eigenvalue weighted by Gasteiger charge is -2.25. The number of ether oxygens (including phenoxy) is 1. The van der Waals surface area contributed by atoms with Crippen LogP contribution >= 0.6 is 27.7 Å². The number of nitrogens with two attached hydrogens (primary N) is 1. The van der Waals surface area contributed by atoms with Gasteiger partial charge in [0, 0.05) is 26.6 Å². The van der Waals surface area contributed by atoms with Crippen LogP contribution in [0.2, 0.25) is 0 Å². The number of benzene rings is 1. The van der Waals surface area contributed by atoms with Gasteiger partial charge < -0.3 is 10.5 Å². The molecule has 88 valence electrons. The molecule has 0 bridgehead atoms. The molecule has 0 saturated carbocycles.